The molecule has 3 N–H and O–H groups in total. The summed E-state index contributed by atoms with van der Waals surface area (Å²) in [7, 11) is 0. The lowest BCUT2D eigenvalue weighted by molar-refractivity contribution is -0.112. The van der Waals surface area contributed by atoms with Crippen LogP contribution in [0, 0.1) is 11.3 Å². The maximum Gasteiger partial charge on any atom is 0.267 e. The second-order valence-electron chi connectivity index (χ2n) is 4.27. The second kappa shape index (κ2) is 7.16. The van der Waals surface area contributed by atoms with Gasteiger partial charge in [-0.2, -0.15) is 5.26 Å². The number of benzene rings is 2. The number of hydrogen-bond acceptors (Lipinski definition) is 4. The Labute approximate surface area is 132 Å². The summed E-state index contributed by atoms with van der Waals surface area (Å²) in [6.07, 6.45) is 1.22. The van der Waals surface area contributed by atoms with E-state index in [0.29, 0.717) is 16.4 Å². The Hall–Kier alpha value is -2.97. The lowest BCUT2D eigenvalue weighted by Gasteiger charge is -2.07. The van der Waals surface area contributed by atoms with Gasteiger partial charge in [-0.1, -0.05) is 35.9 Å². The molecule has 0 fully saturated rings. The molecule has 110 valence electrons. The number of nitriles is 1. The molecule has 0 aliphatic heterocycles. The van der Waals surface area contributed by atoms with Gasteiger partial charge in [-0.3, -0.25) is 4.79 Å². The van der Waals surface area contributed by atoms with Gasteiger partial charge < -0.3 is 15.7 Å². The highest BCUT2D eigenvalue weighted by atomic mass is 35.5. The number of rotatable bonds is 4. The number of aromatic hydroxyl groups is 1. The molecule has 0 spiro atoms. The van der Waals surface area contributed by atoms with Crippen molar-refractivity contribution >= 4 is 28.9 Å². The number of halogens is 1. The molecule has 0 atom stereocenters. The fraction of sp³-hybridized carbons (Fsp3) is 0. The van der Waals surface area contributed by atoms with Gasteiger partial charge >= 0.3 is 0 Å². The number of para-hydroxylation sites is 3. The van der Waals surface area contributed by atoms with Crippen LogP contribution in [0.25, 0.3) is 0 Å². The van der Waals surface area contributed by atoms with Crippen LogP contribution in [0.15, 0.2) is 60.3 Å². The van der Waals surface area contributed by atoms with E-state index in [4.69, 9.17) is 16.9 Å². The third-order valence-electron chi connectivity index (χ3n) is 2.76. The summed E-state index contributed by atoms with van der Waals surface area (Å²) in [6.45, 7) is 0. The highest BCUT2D eigenvalue weighted by molar-refractivity contribution is 6.33. The third-order valence-corrected chi connectivity index (χ3v) is 3.09. The van der Waals surface area contributed by atoms with E-state index < -0.39 is 5.91 Å². The summed E-state index contributed by atoms with van der Waals surface area (Å²) >= 11 is 5.94. The molecule has 0 unspecified atom stereocenters. The number of nitrogens with one attached hydrogen (secondary N) is 2. The number of nitrogens with zero attached hydrogens (tertiary/aromatic N) is 1. The Morgan fingerprint density at radius 2 is 1.77 bits per heavy atom. The topological polar surface area (TPSA) is 85.2 Å². The molecular weight excluding hydrogens is 302 g/mol. The molecule has 2 aromatic rings. The van der Waals surface area contributed by atoms with Crippen LogP contribution in [0.2, 0.25) is 5.02 Å². The van der Waals surface area contributed by atoms with Crippen molar-refractivity contribution in [3.8, 4) is 11.8 Å². The minimum Gasteiger partial charge on any atom is -0.506 e. The first-order valence-corrected chi connectivity index (χ1v) is 6.70. The smallest absolute Gasteiger partial charge is 0.267 e. The SMILES string of the molecule is N#C/C(=C/Nc1ccccc1O)C(=O)Nc1ccccc1Cl. The number of anilines is 2. The maximum atomic E-state index is 12.0. The van der Waals surface area contributed by atoms with Crippen molar-refractivity contribution in [3.63, 3.8) is 0 Å². The van der Waals surface area contributed by atoms with Crippen molar-refractivity contribution in [3.05, 3.63) is 65.3 Å². The standard InChI is InChI=1S/C16H12ClN3O2/c17-12-5-1-2-6-13(12)20-16(22)11(9-18)10-19-14-7-3-4-8-15(14)21/h1-8,10,19,21H,(H,20,22)/b11-10-. The van der Waals surface area contributed by atoms with E-state index in [0.717, 1.165) is 0 Å². The van der Waals surface area contributed by atoms with Crippen LogP contribution in [0.5, 0.6) is 5.75 Å². The van der Waals surface area contributed by atoms with Gasteiger partial charge in [0.05, 0.1) is 16.4 Å². The molecule has 22 heavy (non-hydrogen) atoms. The minimum atomic E-state index is -0.599. The summed E-state index contributed by atoms with van der Waals surface area (Å²) in [5.74, 6) is -0.582. The average molecular weight is 314 g/mol. The van der Waals surface area contributed by atoms with Crippen molar-refractivity contribution in [2.75, 3.05) is 10.6 Å². The molecule has 0 saturated carbocycles. The first-order chi connectivity index (χ1) is 10.6. The number of carbonyl (C=O) groups is 1. The van der Waals surface area contributed by atoms with Crippen molar-refractivity contribution < 1.29 is 9.90 Å². The van der Waals surface area contributed by atoms with Crippen molar-refractivity contribution in [2.45, 2.75) is 0 Å². The molecule has 0 aliphatic rings. The molecule has 6 heteroatoms. The zero-order chi connectivity index (χ0) is 15.9. The van der Waals surface area contributed by atoms with Crippen LogP contribution in [-0.2, 0) is 4.79 Å². The Morgan fingerprint density at radius 1 is 1.14 bits per heavy atom. The van der Waals surface area contributed by atoms with Gasteiger partial charge in [0, 0.05) is 6.20 Å². The first kappa shape index (κ1) is 15.4. The summed E-state index contributed by atoms with van der Waals surface area (Å²) in [6, 6.07) is 15.0. The zero-order valence-electron chi connectivity index (χ0n) is 11.4. The lowest BCUT2D eigenvalue weighted by Crippen LogP contribution is -2.14. The van der Waals surface area contributed by atoms with E-state index in [1.807, 2.05) is 0 Å². The third kappa shape index (κ3) is 3.78. The van der Waals surface area contributed by atoms with E-state index in [2.05, 4.69) is 10.6 Å². The molecular formula is C16H12ClN3O2. The number of hydrogen-bond donors (Lipinski definition) is 3. The number of carbonyl (C=O) groups excluding carboxylic acids is 1. The van der Waals surface area contributed by atoms with Gasteiger partial charge in [0.25, 0.3) is 5.91 Å². The highest BCUT2D eigenvalue weighted by Crippen LogP contribution is 2.23. The van der Waals surface area contributed by atoms with Gasteiger partial charge in [-0.25, -0.2) is 0 Å². The Kier molecular flexibility index (Phi) is 5.02. The molecule has 0 aromatic heterocycles. The first-order valence-electron chi connectivity index (χ1n) is 6.32. The number of phenolic OH excluding ortho intramolecular Hbond substituents is 1. The number of phenols is 1. The monoisotopic (exact) mass is 313 g/mol. The predicted molar refractivity (Wildman–Crippen MR) is 85.5 cm³/mol. The van der Waals surface area contributed by atoms with Gasteiger partial charge in [0.1, 0.15) is 17.4 Å². The van der Waals surface area contributed by atoms with Crippen LogP contribution >= 0.6 is 11.6 Å². The quantitative estimate of drug-likeness (QED) is 0.458. The van der Waals surface area contributed by atoms with Crippen LogP contribution in [-0.4, -0.2) is 11.0 Å². The van der Waals surface area contributed by atoms with Gasteiger partial charge in [0.15, 0.2) is 0 Å². The van der Waals surface area contributed by atoms with Crippen LogP contribution < -0.4 is 10.6 Å². The summed E-state index contributed by atoms with van der Waals surface area (Å²) in [5, 5.41) is 24.3. The van der Waals surface area contributed by atoms with E-state index in [-0.39, 0.29) is 11.3 Å². The fourth-order valence-corrected chi connectivity index (χ4v) is 1.83. The highest BCUT2D eigenvalue weighted by Gasteiger charge is 2.11. The Morgan fingerprint density at radius 3 is 2.41 bits per heavy atom. The Balaban J connectivity index is 2.13. The Bertz CT molecular complexity index is 766. The molecule has 0 saturated heterocycles. The van der Waals surface area contributed by atoms with Crippen LogP contribution in [0.1, 0.15) is 0 Å². The zero-order valence-corrected chi connectivity index (χ0v) is 12.1. The molecule has 0 aliphatic carbocycles. The maximum absolute atomic E-state index is 12.0. The number of amides is 1. The molecule has 0 heterocycles. The summed E-state index contributed by atoms with van der Waals surface area (Å²) in [5.41, 5.74) is 0.654. The van der Waals surface area contributed by atoms with Crippen molar-refractivity contribution in [1.82, 2.24) is 0 Å². The van der Waals surface area contributed by atoms with Crippen LogP contribution in [0.4, 0.5) is 11.4 Å². The van der Waals surface area contributed by atoms with Crippen molar-refractivity contribution in [2.24, 2.45) is 0 Å². The molecule has 0 bridgehead atoms. The van der Waals surface area contributed by atoms with E-state index in [1.165, 1.54) is 12.3 Å². The molecule has 1 amide bonds. The van der Waals surface area contributed by atoms with Gasteiger partial charge in [0.2, 0.25) is 0 Å². The molecule has 2 aromatic carbocycles. The van der Waals surface area contributed by atoms with Gasteiger partial charge in [-0.15, -0.1) is 0 Å². The normalized spacial score (nSPS) is 10.6. The fourth-order valence-electron chi connectivity index (χ4n) is 1.65. The molecule has 5 nitrogen and oxygen atoms in total. The van der Waals surface area contributed by atoms with Gasteiger partial charge in [-0.05, 0) is 24.3 Å². The van der Waals surface area contributed by atoms with E-state index in [1.54, 1.807) is 48.5 Å². The van der Waals surface area contributed by atoms with E-state index >= 15 is 0 Å². The van der Waals surface area contributed by atoms with Crippen LogP contribution in [0.3, 0.4) is 0 Å². The second-order valence-corrected chi connectivity index (χ2v) is 4.67. The largest absolute Gasteiger partial charge is 0.506 e. The van der Waals surface area contributed by atoms with E-state index in [9.17, 15) is 9.90 Å². The lowest BCUT2D eigenvalue weighted by atomic mass is 10.2. The molecule has 2 rings (SSSR count). The predicted octanol–water partition coefficient (Wildman–Crippen LogP) is 3.50. The van der Waals surface area contributed by atoms with Crippen molar-refractivity contribution in [1.29, 1.82) is 5.26 Å². The average Bonchev–Trinajstić information content (AvgIpc) is 2.52. The summed E-state index contributed by atoms with van der Waals surface area (Å²) in [4.78, 5) is 12.0. The summed E-state index contributed by atoms with van der Waals surface area (Å²) < 4.78 is 0. The molecule has 0 radical (unpaired) electrons. The minimum absolute atomic E-state index is 0.0163.